The number of hydrogen-bond acceptors (Lipinski definition) is 3. The lowest BCUT2D eigenvalue weighted by atomic mass is 10.2. The van der Waals surface area contributed by atoms with Crippen molar-refractivity contribution in [3.05, 3.63) is 88.4 Å². The van der Waals surface area contributed by atoms with Crippen LogP contribution in [0, 0.1) is 19.7 Å². The Morgan fingerprint density at radius 2 is 1.70 bits per heavy atom. The van der Waals surface area contributed by atoms with Gasteiger partial charge in [-0.1, -0.05) is 30.3 Å². The molecule has 0 fully saturated rings. The van der Waals surface area contributed by atoms with Crippen LogP contribution in [0.25, 0.3) is 16.5 Å². The fraction of sp³-hybridized carbons (Fsp3) is 0.174. The molecule has 2 aromatic carbocycles. The van der Waals surface area contributed by atoms with Gasteiger partial charge in [-0.2, -0.15) is 9.78 Å². The Morgan fingerprint density at radius 3 is 2.40 bits per heavy atom. The third kappa shape index (κ3) is 3.18. The summed E-state index contributed by atoms with van der Waals surface area (Å²) >= 11 is 0. The predicted molar refractivity (Wildman–Crippen MR) is 115 cm³/mol. The number of amides is 1. The van der Waals surface area contributed by atoms with Crippen molar-refractivity contribution in [1.82, 2.24) is 14.3 Å². The number of aryl methyl sites for hydroxylation is 2. The van der Waals surface area contributed by atoms with Crippen molar-refractivity contribution in [2.24, 2.45) is 0 Å². The van der Waals surface area contributed by atoms with E-state index < -0.39 is 11.9 Å². The maximum atomic E-state index is 13.9. The molecule has 0 aliphatic rings. The number of aromatic nitrogens is 3. The Morgan fingerprint density at radius 1 is 1.03 bits per heavy atom. The zero-order valence-corrected chi connectivity index (χ0v) is 16.9. The smallest absolute Gasteiger partial charge is 0.281 e. The highest BCUT2D eigenvalue weighted by Gasteiger charge is 2.24. The summed E-state index contributed by atoms with van der Waals surface area (Å²) < 4.78 is 17.1. The molecule has 6 nitrogen and oxygen atoms in total. The molecule has 1 atom stereocenters. The number of rotatable bonds is 4. The monoisotopic (exact) mass is 404 g/mol. The van der Waals surface area contributed by atoms with Crippen molar-refractivity contribution in [3.63, 3.8) is 0 Å². The van der Waals surface area contributed by atoms with Gasteiger partial charge in [-0.25, -0.2) is 4.39 Å². The number of carbonyl (C=O) groups is 1. The van der Waals surface area contributed by atoms with Gasteiger partial charge in [0.05, 0.1) is 23.0 Å². The van der Waals surface area contributed by atoms with Gasteiger partial charge in [-0.15, -0.1) is 0 Å². The second kappa shape index (κ2) is 7.59. The van der Waals surface area contributed by atoms with E-state index in [1.807, 2.05) is 37.3 Å². The molecule has 152 valence electrons. The Hall–Kier alpha value is -3.74. The average Bonchev–Trinajstić information content (AvgIpc) is 3.00. The quantitative estimate of drug-likeness (QED) is 0.556. The van der Waals surface area contributed by atoms with Crippen LogP contribution in [0.1, 0.15) is 24.4 Å². The van der Waals surface area contributed by atoms with E-state index >= 15 is 0 Å². The molecule has 1 amide bonds. The maximum absolute atomic E-state index is 13.9. The Kier molecular flexibility index (Phi) is 4.95. The lowest BCUT2D eigenvalue weighted by Crippen LogP contribution is -2.25. The minimum Gasteiger partial charge on any atom is -0.336 e. The van der Waals surface area contributed by atoms with Crippen molar-refractivity contribution < 1.29 is 9.18 Å². The standard InChI is InChI=1S/C23H21FN4O2/c1-14-18-13-25-28(17-9-5-4-6-10-17)23(30)21(18)15(2)27(14)16(3)22(29)26-20-12-8-7-11-19(20)24/h4-13,16H,1-3H3,(H,26,29)/t16-/m1/s1. The second-order valence-corrected chi connectivity index (χ2v) is 7.17. The molecule has 0 aliphatic carbocycles. The number of nitrogens with zero attached hydrogens (tertiary/aromatic N) is 3. The fourth-order valence-corrected chi connectivity index (χ4v) is 3.83. The van der Waals surface area contributed by atoms with E-state index in [1.165, 1.54) is 16.8 Å². The van der Waals surface area contributed by atoms with Gasteiger partial charge in [0.2, 0.25) is 5.91 Å². The van der Waals surface area contributed by atoms with Crippen LogP contribution in [0.3, 0.4) is 0 Å². The van der Waals surface area contributed by atoms with Crippen LogP contribution in [-0.4, -0.2) is 20.3 Å². The topological polar surface area (TPSA) is 68.9 Å². The lowest BCUT2D eigenvalue weighted by molar-refractivity contribution is -0.118. The molecule has 4 rings (SSSR count). The molecular formula is C23H21FN4O2. The maximum Gasteiger partial charge on any atom is 0.281 e. The highest BCUT2D eigenvalue weighted by Crippen LogP contribution is 2.27. The highest BCUT2D eigenvalue weighted by molar-refractivity contribution is 5.95. The normalized spacial score (nSPS) is 12.1. The molecule has 2 heterocycles. The zero-order chi connectivity index (χ0) is 21.4. The van der Waals surface area contributed by atoms with Gasteiger partial charge in [0.25, 0.3) is 5.56 Å². The van der Waals surface area contributed by atoms with E-state index in [9.17, 15) is 14.0 Å². The van der Waals surface area contributed by atoms with E-state index in [0.29, 0.717) is 22.2 Å². The number of anilines is 1. The Balaban J connectivity index is 1.78. The highest BCUT2D eigenvalue weighted by atomic mass is 19.1. The predicted octanol–water partition coefficient (Wildman–Crippen LogP) is 4.14. The minimum atomic E-state index is -0.651. The van der Waals surface area contributed by atoms with Gasteiger partial charge < -0.3 is 9.88 Å². The number of carbonyl (C=O) groups excluding carboxylic acids is 1. The molecule has 0 bridgehead atoms. The molecule has 0 saturated heterocycles. The number of para-hydroxylation sites is 2. The number of nitrogens with one attached hydrogen (secondary N) is 1. The Labute approximate surface area is 172 Å². The van der Waals surface area contributed by atoms with E-state index in [1.54, 1.807) is 36.7 Å². The number of hydrogen-bond donors (Lipinski definition) is 1. The molecule has 2 aromatic heterocycles. The van der Waals surface area contributed by atoms with Gasteiger partial charge in [-0.05, 0) is 45.0 Å². The molecule has 0 unspecified atom stereocenters. The van der Waals surface area contributed by atoms with Gasteiger partial charge in [-0.3, -0.25) is 9.59 Å². The molecule has 4 aromatic rings. The molecular weight excluding hydrogens is 383 g/mol. The molecule has 0 saturated carbocycles. The largest absolute Gasteiger partial charge is 0.336 e. The van der Waals surface area contributed by atoms with E-state index in [0.717, 1.165) is 5.69 Å². The van der Waals surface area contributed by atoms with E-state index in [2.05, 4.69) is 10.4 Å². The third-order valence-electron chi connectivity index (χ3n) is 5.35. The van der Waals surface area contributed by atoms with Crippen molar-refractivity contribution in [3.8, 4) is 5.69 Å². The van der Waals surface area contributed by atoms with E-state index in [-0.39, 0.29) is 17.2 Å². The molecule has 0 spiro atoms. The molecule has 7 heteroatoms. The van der Waals surface area contributed by atoms with Crippen LogP contribution < -0.4 is 10.9 Å². The number of fused-ring (bicyclic) bond motifs is 1. The molecule has 30 heavy (non-hydrogen) atoms. The number of benzene rings is 2. The number of halogens is 1. The third-order valence-corrected chi connectivity index (χ3v) is 5.35. The summed E-state index contributed by atoms with van der Waals surface area (Å²) in [5, 5.41) is 8.14. The summed E-state index contributed by atoms with van der Waals surface area (Å²) in [6, 6.07) is 14.5. The summed E-state index contributed by atoms with van der Waals surface area (Å²) in [7, 11) is 0. The SMILES string of the molecule is Cc1c2cnn(-c3ccccc3)c(=O)c2c(C)n1[C@H](C)C(=O)Nc1ccccc1F. The van der Waals surface area contributed by atoms with Gasteiger partial charge in [0.15, 0.2) is 0 Å². The van der Waals surface area contributed by atoms with Gasteiger partial charge in [0.1, 0.15) is 11.9 Å². The first-order chi connectivity index (χ1) is 14.4. The van der Waals surface area contributed by atoms with Crippen molar-refractivity contribution in [2.45, 2.75) is 26.8 Å². The first-order valence-corrected chi connectivity index (χ1v) is 9.60. The van der Waals surface area contributed by atoms with Crippen molar-refractivity contribution in [1.29, 1.82) is 0 Å². The van der Waals surface area contributed by atoms with Crippen molar-refractivity contribution >= 4 is 22.4 Å². The van der Waals surface area contributed by atoms with Gasteiger partial charge in [0, 0.05) is 16.8 Å². The fourth-order valence-electron chi connectivity index (χ4n) is 3.83. The summed E-state index contributed by atoms with van der Waals surface area (Å²) in [4.78, 5) is 26.0. The molecule has 0 aliphatic heterocycles. The van der Waals surface area contributed by atoms with Gasteiger partial charge >= 0.3 is 0 Å². The van der Waals surface area contributed by atoms with E-state index in [4.69, 9.17) is 0 Å². The van der Waals surface area contributed by atoms with Crippen LogP contribution in [-0.2, 0) is 4.79 Å². The second-order valence-electron chi connectivity index (χ2n) is 7.17. The van der Waals surface area contributed by atoms with Crippen LogP contribution in [0.2, 0.25) is 0 Å². The summed E-state index contributed by atoms with van der Waals surface area (Å²) in [6.07, 6.45) is 1.64. The Bertz CT molecular complexity index is 1310. The van der Waals surface area contributed by atoms with Crippen LogP contribution in [0.5, 0.6) is 0 Å². The summed E-state index contributed by atoms with van der Waals surface area (Å²) in [6.45, 7) is 5.37. The summed E-state index contributed by atoms with van der Waals surface area (Å²) in [5.41, 5.74) is 1.95. The summed E-state index contributed by atoms with van der Waals surface area (Å²) in [5.74, 6) is -0.873. The van der Waals surface area contributed by atoms with Crippen LogP contribution in [0.4, 0.5) is 10.1 Å². The molecule has 1 N–H and O–H groups in total. The van der Waals surface area contributed by atoms with Crippen molar-refractivity contribution in [2.75, 3.05) is 5.32 Å². The van der Waals surface area contributed by atoms with Crippen LogP contribution >= 0.6 is 0 Å². The zero-order valence-electron chi connectivity index (χ0n) is 16.9. The molecule has 0 radical (unpaired) electrons. The first-order valence-electron chi connectivity index (χ1n) is 9.60. The van der Waals surface area contributed by atoms with Crippen LogP contribution in [0.15, 0.2) is 65.6 Å². The lowest BCUT2D eigenvalue weighted by Gasteiger charge is -2.18. The average molecular weight is 404 g/mol. The minimum absolute atomic E-state index is 0.120. The first kappa shape index (κ1) is 19.6.